The van der Waals surface area contributed by atoms with E-state index in [1.807, 2.05) is 24.3 Å². The molecule has 1 heterocycles. The number of carbonyl (C=O) groups excluding carboxylic acids is 1. The van der Waals surface area contributed by atoms with Crippen molar-refractivity contribution in [2.24, 2.45) is 23.2 Å². The molecule has 4 fully saturated rings. The number of fused-ring (bicyclic) bond motifs is 1. The monoisotopic (exact) mass is 481 g/mol. The highest BCUT2D eigenvalue weighted by Crippen LogP contribution is 2.61. The highest BCUT2D eigenvalue weighted by atomic mass is 16.1. The van der Waals surface area contributed by atoms with Gasteiger partial charge in [0.1, 0.15) is 5.82 Å². The van der Waals surface area contributed by atoms with Crippen LogP contribution >= 0.6 is 0 Å². The molecule has 1 radical (unpaired) electrons. The van der Waals surface area contributed by atoms with Gasteiger partial charge >= 0.3 is 0 Å². The van der Waals surface area contributed by atoms with Gasteiger partial charge in [-0.1, -0.05) is 30.3 Å². The van der Waals surface area contributed by atoms with Crippen molar-refractivity contribution in [3.05, 3.63) is 72.3 Å². The minimum Gasteiger partial charge on any atom is -0.369 e. The highest BCUT2D eigenvalue weighted by molar-refractivity contribution is 6.01. The van der Waals surface area contributed by atoms with E-state index in [-0.39, 0.29) is 11.3 Å². The Balaban J connectivity index is 1.04. The van der Waals surface area contributed by atoms with E-state index in [2.05, 4.69) is 59.8 Å². The first-order valence-electron chi connectivity index (χ1n) is 13.6. The first kappa shape index (κ1) is 23.5. The first-order chi connectivity index (χ1) is 17.6. The molecule has 2 aromatic carbocycles. The van der Waals surface area contributed by atoms with Crippen LogP contribution in [0, 0.1) is 36.6 Å². The summed E-state index contributed by atoms with van der Waals surface area (Å²) in [6.45, 7) is 5.74. The minimum absolute atomic E-state index is 0.169. The summed E-state index contributed by atoms with van der Waals surface area (Å²) in [4.78, 5) is 18.0. The molecule has 0 saturated heterocycles. The Morgan fingerprint density at radius 3 is 2.44 bits per heavy atom. The third-order valence-electron chi connectivity index (χ3n) is 8.73. The number of benzene rings is 2. The summed E-state index contributed by atoms with van der Waals surface area (Å²) in [6.07, 6.45) is 8.68. The summed E-state index contributed by atoms with van der Waals surface area (Å²) in [6, 6.07) is 18.4. The van der Waals surface area contributed by atoms with Crippen molar-refractivity contribution < 1.29 is 4.79 Å². The molecule has 36 heavy (non-hydrogen) atoms. The van der Waals surface area contributed by atoms with E-state index in [0.29, 0.717) is 6.42 Å². The summed E-state index contributed by atoms with van der Waals surface area (Å²) in [7, 11) is 0. The van der Waals surface area contributed by atoms with Crippen LogP contribution in [0.2, 0.25) is 0 Å². The van der Waals surface area contributed by atoms with Crippen molar-refractivity contribution >= 4 is 28.3 Å². The largest absolute Gasteiger partial charge is 0.369 e. The van der Waals surface area contributed by atoms with E-state index in [0.717, 1.165) is 53.3 Å². The van der Waals surface area contributed by atoms with E-state index in [1.54, 1.807) is 0 Å². The SMILES string of the molecule is Cc1ccccc1[CH]NCCNc1ccc2c(NC(=O)CC34CC5CC(CC(C5)C3)C4)cccc2n1. The maximum absolute atomic E-state index is 13.2. The fraction of sp³-hybridized carbons (Fsp3) is 0.452. The number of aromatic nitrogens is 1. The molecule has 1 aromatic heterocycles. The number of nitrogens with one attached hydrogen (secondary N) is 3. The van der Waals surface area contributed by atoms with Crippen molar-refractivity contribution in [1.29, 1.82) is 0 Å². The molecule has 4 aliphatic rings. The third kappa shape index (κ3) is 4.99. The van der Waals surface area contributed by atoms with Gasteiger partial charge in [-0.25, -0.2) is 4.98 Å². The van der Waals surface area contributed by atoms with Gasteiger partial charge in [0.25, 0.3) is 0 Å². The summed E-state index contributed by atoms with van der Waals surface area (Å²) in [5.41, 5.74) is 4.49. The second-order valence-electron chi connectivity index (χ2n) is 11.6. The zero-order valence-corrected chi connectivity index (χ0v) is 21.2. The van der Waals surface area contributed by atoms with Gasteiger partial charge in [-0.05, 0) is 104 Å². The number of amides is 1. The van der Waals surface area contributed by atoms with Crippen LogP contribution in [0.25, 0.3) is 10.9 Å². The number of hydrogen-bond acceptors (Lipinski definition) is 4. The normalized spacial score (nSPS) is 26.3. The lowest BCUT2D eigenvalue weighted by molar-refractivity contribution is -0.124. The van der Waals surface area contributed by atoms with E-state index < -0.39 is 0 Å². The lowest BCUT2D eigenvalue weighted by Gasteiger charge is -2.56. The van der Waals surface area contributed by atoms with Crippen molar-refractivity contribution in [3.63, 3.8) is 0 Å². The van der Waals surface area contributed by atoms with E-state index in [9.17, 15) is 4.79 Å². The van der Waals surface area contributed by atoms with E-state index in [4.69, 9.17) is 4.98 Å². The fourth-order valence-electron chi connectivity index (χ4n) is 7.60. The standard InChI is InChI=1S/C31H37N4O/c1-21-5-2-3-6-25(21)20-32-11-12-33-29-10-9-26-27(34-29)7-4-8-28(26)35-30(36)19-31-16-22-13-23(17-31)15-24(14-22)18-31/h2-10,20,22-24,32H,11-19H2,1H3,(H,33,34)(H,35,36). The van der Waals surface area contributed by atoms with Crippen LogP contribution in [0.1, 0.15) is 56.1 Å². The van der Waals surface area contributed by atoms with Crippen LogP contribution in [0.4, 0.5) is 11.5 Å². The van der Waals surface area contributed by atoms with Gasteiger partial charge in [-0.3, -0.25) is 4.79 Å². The Bertz CT molecular complexity index is 1220. The minimum atomic E-state index is 0.169. The number of hydrogen-bond donors (Lipinski definition) is 3. The Labute approximate surface area is 214 Å². The molecule has 3 aromatic rings. The predicted molar refractivity (Wildman–Crippen MR) is 147 cm³/mol. The summed E-state index contributed by atoms with van der Waals surface area (Å²) in [5, 5.41) is 11.0. The number of carbonyl (C=O) groups is 1. The Kier molecular flexibility index (Phi) is 6.43. The average molecular weight is 482 g/mol. The molecule has 187 valence electrons. The molecule has 4 bridgehead atoms. The van der Waals surface area contributed by atoms with Gasteiger partial charge < -0.3 is 16.0 Å². The van der Waals surface area contributed by atoms with Crippen LogP contribution < -0.4 is 16.0 Å². The average Bonchev–Trinajstić information content (AvgIpc) is 2.84. The van der Waals surface area contributed by atoms with Crippen LogP contribution in [0.15, 0.2) is 54.6 Å². The van der Waals surface area contributed by atoms with Crippen molar-refractivity contribution in [1.82, 2.24) is 10.3 Å². The summed E-state index contributed by atoms with van der Waals surface area (Å²) < 4.78 is 0. The van der Waals surface area contributed by atoms with Gasteiger partial charge in [-0.2, -0.15) is 0 Å². The molecule has 0 atom stereocenters. The molecular formula is C31H37N4O. The number of nitrogens with zero attached hydrogens (tertiary/aromatic N) is 1. The molecule has 0 aliphatic heterocycles. The third-order valence-corrected chi connectivity index (χ3v) is 8.73. The van der Waals surface area contributed by atoms with Crippen LogP contribution in [0.5, 0.6) is 0 Å². The van der Waals surface area contributed by atoms with Crippen molar-refractivity contribution in [3.8, 4) is 0 Å². The molecule has 4 saturated carbocycles. The van der Waals surface area contributed by atoms with E-state index in [1.165, 1.54) is 49.7 Å². The van der Waals surface area contributed by atoms with Crippen LogP contribution in [-0.2, 0) is 4.79 Å². The van der Waals surface area contributed by atoms with Gasteiger partial charge in [0.15, 0.2) is 0 Å². The van der Waals surface area contributed by atoms with E-state index >= 15 is 0 Å². The smallest absolute Gasteiger partial charge is 0.224 e. The molecule has 4 aliphatic carbocycles. The fourth-order valence-corrected chi connectivity index (χ4v) is 7.60. The number of rotatable bonds is 9. The van der Waals surface area contributed by atoms with Crippen molar-refractivity contribution in [2.75, 3.05) is 23.7 Å². The highest BCUT2D eigenvalue weighted by Gasteiger charge is 2.51. The molecule has 5 nitrogen and oxygen atoms in total. The Hall–Kier alpha value is -2.92. The Morgan fingerprint density at radius 2 is 1.69 bits per heavy atom. The summed E-state index contributed by atoms with van der Waals surface area (Å²) in [5.74, 6) is 3.62. The van der Waals surface area contributed by atoms with Gasteiger partial charge in [0.2, 0.25) is 5.91 Å². The zero-order chi connectivity index (χ0) is 24.5. The second kappa shape index (κ2) is 9.85. The number of anilines is 2. The maximum Gasteiger partial charge on any atom is 0.224 e. The lowest BCUT2D eigenvalue weighted by Crippen LogP contribution is -2.47. The van der Waals surface area contributed by atoms with Crippen LogP contribution in [0.3, 0.4) is 0 Å². The van der Waals surface area contributed by atoms with Crippen molar-refractivity contribution in [2.45, 2.75) is 51.9 Å². The quantitative estimate of drug-likeness (QED) is 0.314. The molecular weight excluding hydrogens is 444 g/mol. The molecule has 0 unspecified atom stereocenters. The predicted octanol–water partition coefficient (Wildman–Crippen LogP) is 6.30. The molecule has 1 amide bonds. The zero-order valence-electron chi connectivity index (χ0n) is 21.2. The molecule has 0 spiro atoms. The molecule has 7 rings (SSSR count). The Morgan fingerprint density at radius 1 is 0.944 bits per heavy atom. The topological polar surface area (TPSA) is 66.0 Å². The van der Waals surface area contributed by atoms with Gasteiger partial charge in [-0.15, -0.1) is 0 Å². The number of pyridine rings is 1. The maximum atomic E-state index is 13.2. The van der Waals surface area contributed by atoms with Gasteiger partial charge in [0, 0.05) is 24.9 Å². The second-order valence-corrected chi connectivity index (χ2v) is 11.6. The number of aryl methyl sites for hydroxylation is 1. The molecule has 3 N–H and O–H groups in total. The summed E-state index contributed by atoms with van der Waals surface area (Å²) >= 11 is 0. The molecule has 5 heteroatoms. The van der Waals surface area contributed by atoms with Crippen LogP contribution in [-0.4, -0.2) is 24.0 Å². The first-order valence-corrected chi connectivity index (χ1v) is 13.6. The lowest BCUT2D eigenvalue weighted by atomic mass is 9.49. The van der Waals surface area contributed by atoms with Gasteiger partial charge in [0.05, 0.1) is 17.7 Å².